The van der Waals surface area contributed by atoms with E-state index < -0.39 is 31.1 Å². The van der Waals surface area contributed by atoms with Gasteiger partial charge in [-0.1, -0.05) is 16.9 Å². The molecule has 0 bridgehead atoms. The number of pyridine rings is 1. The van der Waals surface area contributed by atoms with E-state index in [4.69, 9.17) is 4.74 Å². The smallest absolute Gasteiger partial charge is 0.167 e. The van der Waals surface area contributed by atoms with E-state index in [1.54, 1.807) is 27.8 Å². The summed E-state index contributed by atoms with van der Waals surface area (Å²) in [6, 6.07) is 5.73. The van der Waals surface area contributed by atoms with Gasteiger partial charge >= 0.3 is 0 Å². The number of nitrogens with one attached hydrogen (secondary N) is 1. The second-order valence-corrected chi connectivity index (χ2v) is 8.28. The van der Waals surface area contributed by atoms with E-state index in [1.807, 2.05) is 18.2 Å². The Hall–Kier alpha value is -1.96. The molecule has 4 rings (SSSR count). The van der Waals surface area contributed by atoms with Crippen LogP contribution >= 0.6 is 21.6 Å². The molecule has 4 N–H and O–H groups in total. The Kier molecular flexibility index (Phi) is 5.94. The third-order valence-electron chi connectivity index (χ3n) is 4.23. The van der Waals surface area contributed by atoms with Gasteiger partial charge in [0.25, 0.3) is 0 Å². The van der Waals surface area contributed by atoms with Crippen molar-refractivity contribution in [2.75, 3.05) is 17.8 Å². The molecule has 2 unspecified atom stereocenters. The predicted molar refractivity (Wildman–Crippen MR) is 105 cm³/mol. The van der Waals surface area contributed by atoms with Crippen LogP contribution in [0.4, 0.5) is 5.82 Å². The zero-order chi connectivity index (χ0) is 19.5. The van der Waals surface area contributed by atoms with Crippen molar-refractivity contribution >= 4 is 38.6 Å². The third-order valence-corrected chi connectivity index (χ3v) is 6.24. The van der Waals surface area contributed by atoms with Gasteiger partial charge in [-0.05, 0) is 22.9 Å². The summed E-state index contributed by atoms with van der Waals surface area (Å²) < 4.78 is 7.08. The molecular weight excluding hydrogens is 404 g/mol. The van der Waals surface area contributed by atoms with Gasteiger partial charge in [0.15, 0.2) is 23.2 Å². The lowest BCUT2D eigenvalue weighted by molar-refractivity contribution is -0.0511. The van der Waals surface area contributed by atoms with Crippen molar-refractivity contribution in [2.24, 2.45) is 0 Å². The largest absolute Gasteiger partial charge is 0.394 e. The highest BCUT2D eigenvalue weighted by Crippen LogP contribution is 2.33. The highest BCUT2D eigenvalue weighted by Gasteiger charge is 2.44. The maximum atomic E-state index is 10.2. The van der Waals surface area contributed by atoms with Gasteiger partial charge in [-0.15, -0.1) is 0 Å². The summed E-state index contributed by atoms with van der Waals surface area (Å²) in [5, 5.41) is 33.6. The minimum absolute atomic E-state index is 0.395. The van der Waals surface area contributed by atoms with Crippen molar-refractivity contribution in [3.05, 3.63) is 37.1 Å². The predicted octanol–water partition coefficient (Wildman–Crippen LogP) is 0.643. The highest BCUT2D eigenvalue weighted by atomic mass is 33.1. The van der Waals surface area contributed by atoms with Crippen molar-refractivity contribution in [3.8, 4) is 0 Å². The number of hydrogen-bond acceptors (Lipinski definition) is 11. The van der Waals surface area contributed by atoms with Crippen LogP contribution in [0.25, 0.3) is 11.2 Å². The van der Waals surface area contributed by atoms with Crippen LogP contribution < -0.4 is 5.32 Å². The van der Waals surface area contributed by atoms with Crippen LogP contribution in [0.1, 0.15) is 6.23 Å². The quantitative estimate of drug-likeness (QED) is 0.242. The molecule has 4 heterocycles. The molecule has 3 aromatic heterocycles. The minimum Gasteiger partial charge on any atom is -0.394 e. The van der Waals surface area contributed by atoms with E-state index in [2.05, 4.69) is 25.3 Å². The van der Waals surface area contributed by atoms with Crippen molar-refractivity contribution in [3.63, 3.8) is 0 Å². The van der Waals surface area contributed by atoms with E-state index >= 15 is 0 Å². The normalized spacial score (nSPS) is 24.7. The monoisotopic (exact) mass is 422 g/mol. The lowest BCUT2D eigenvalue weighted by atomic mass is 10.1. The molecule has 0 amide bonds. The number of hydrogen-bond donors (Lipinski definition) is 4. The van der Waals surface area contributed by atoms with Gasteiger partial charge in [0.2, 0.25) is 0 Å². The van der Waals surface area contributed by atoms with E-state index in [0.29, 0.717) is 22.9 Å². The van der Waals surface area contributed by atoms with Crippen molar-refractivity contribution in [1.29, 1.82) is 0 Å². The van der Waals surface area contributed by atoms with Crippen molar-refractivity contribution in [1.82, 2.24) is 24.5 Å². The lowest BCUT2D eigenvalue weighted by Crippen LogP contribution is -2.33. The molecule has 0 aromatic carbocycles. The Morgan fingerprint density at radius 3 is 2.79 bits per heavy atom. The molecule has 0 spiro atoms. The Balaban J connectivity index is 1.46. The van der Waals surface area contributed by atoms with Crippen LogP contribution in [0, 0.1) is 0 Å². The molecule has 4 atom stereocenters. The van der Waals surface area contributed by atoms with Gasteiger partial charge in [-0.3, -0.25) is 4.57 Å². The van der Waals surface area contributed by atoms with E-state index in [1.165, 1.54) is 17.2 Å². The molecular formula is C16H18N6O4S2. The number of fused-ring (bicyclic) bond motifs is 1. The summed E-state index contributed by atoms with van der Waals surface area (Å²) in [7, 11) is 3.11. The van der Waals surface area contributed by atoms with Gasteiger partial charge in [0, 0.05) is 6.20 Å². The Bertz CT molecular complexity index is 930. The SMILES string of the molecule is OC[C@H]1O[C@@H](n2cnc3c(NCSSc4ccccn4)ncnc32)C(O)C1O. The average molecular weight is 422 g/mol. The van der Waals surface area contributed by atoms with Crippen LogP contribution in [0.2, 0.25) is 0 Å². The fourth-order valence-electron chi connectivity index (χ4n) is 2.86. The maximum absolute atomic E-state index is 10.2. The Morgan fingerprint density at radius 2 is 2.04 bits per heavy atom. The lowest BCUT2D eigenvalue weighted by Gasteiger charge is -2.16. The van der Waals surface area contributed by atoms with Crippen LogP contribution in [-0.4, -0.2) is 70.6 Å². The molecule has 1 aliphatic rings. The second-order valence-electron chi connectivity index (χ2n) is 5.97. The number of rotatable bonds is 7. The average Bonchev–Trinajstić information content (AvgIpc) is 3.28. The zero-order valence-electron chi connectivity index (χ0n) is 14.5. The first-order valence-corrected chi connectivity index (χ1v) is 10.8. The molecule has 10 nitrogen and oxygen atoms in total. The topological polar surface area (TPSA) is 138 Å². The molecule has 1 aliphatic heterocycles. The number of aromatic nitrogens is 5. The second kappa shape index (κ2) is 8.59. The molecule has 148 valence electrons. The standard InChI is InChI=1S/C16H18N6O4S2/c23-5-9-12(24)13(25)16(26-9)22-7-20-11-14(18-6-19-15(11)22)21-8-27-28-10-3-1-2-4-17-10/h1-4,6-7,9,12-13,16,23-25H,5,8H2,(H,18,19,21)/t9-,12?,13?,16-/m1/s1. The van der Waals surface area contributed by atoms with Gasteiger partial charge in [-0.2, -0.15) is 0 Å². The van der Waals surface area contributed by atoms with E-state index in [9.17, 15) is 15.3 Å². The molecule has 1 fully saturated rings. The first-order chi connectivity index (χ1) is 13.7. The van der Waals surface area contributed by atoms with Gasteiger partial charge in [0.05, 0.1) is 18.8 Å². The summed E-state index contributed by atoms with van der Waals surface area (Å²) in [6.45, 7) is -0.395. The minimum atomic E-state index is -1.20. The summed E-state index contributed by atoms with van der Waals surface area (Å²) in [5.74, 6) is 1.11. The zero-order valence-corrected chi connectivity index (χ0v) is 16.1. The summed E-state index contributed by atoms with van der Waals surface area (Å²) >= 11 is 0. The number of imidazole rings is 1. The number of anilines is 1. The molecule has 12 heteroatoms. The van der Waals surface area contributed by atoms with E-state index in [-0.39, 0.29) is 0 Å². The summed E-state index contributed by atoms with van der Waals surface area (Å²) in [6.07, 6.45) is 0.458. The summed E-state index contributed by atoms with van der Waals surface area (Å²) in [5.41, 5.74) is 0.971. The van der Waals surface area contributed by atoms with Crippen LogP contribution in [0.3, 0.4) is 0 Å². The van der Waals surface area contributed by atoms with E-state index in [0.717, 1.165) is 5.03 Å². The summed E-state index contributed by atoms with van der Waals surface area (Å²) in [4.78, 5) is 17.0. The fraction of sp³-hybridized carbons (Fsp3) is 0.375. The van der Waals surface area contributed by atoms with Crippen LogP contribution in [0.15, 0.2) is 42.1 Å². The van der Waals surface area contributed by atoms with Gasteiger partial charge < -0.3 is 25.4 Å². The van der Waals surface area contributed by atoms with Crippen molar-refractivity contribution < 1.29 is 20.1 Å². The third kappa shape index (κ3) is 3.79. The molecule has 1 saturated heterocycles. The number of ether oxygens (including phenoxy) is 1. The maximum Gasteiger partial charge on any atom is 0.167 e. The van der Waals surface area contributed by atoms with Crippen molar-refractivity contribution in [2.45, 2.75) is 29.6 Å². The first-order valence-electron chi connectivity index (χ1n) is 8.43. The number of nitrogens with zero attached hydrogens (tertiary/aromatic N) is 5. The Labute approximate surface area is 167 Å². The molecule has 0 aliphatic carbocycles. The van der Waals surface area contributed by atoms with Gasteiger partial charge in [0.1, 0.15) is 29.7 Å². The van der Waals surface area contributed by atoms with Gasteiger partial charge in [-0.25, -0.2) is 19.9 Å². The number of aliphatic hydroxyl groups excluding tert-OH is 3. The molecule has 28 heavy (non-hydrogen) atoms. The Morgan fingerprint density at radius 1 is 1.14 bits per heavy atom. The molecule has 0 radical (unpaired) electrons. The van der Waals surface area contributed by atoms with Crippen LogP contribution in [-0.2, 0) is 4.74 Å². The highest BCUT2D eigenvalue weighted by molar-refractivity contribution is 8.76. The van der Waals surface area contributed by atoms with Crippen LogP contribution in [0.5, 0.6) is 0 Å². The first kappa shape index (κ1) is 19.4. The fourth-order valence-corrected chi connectivity index (χ4v) is 4.49. The number of aliphatic hydroxyl groups is 3. The molecule has 0 saturated carbocycles. The molecule has 3 aromatic rings.